The molecule has 4 aromatic carbocycles. The Bertz CT molecular complexity index is 1960. The molecule has 0 aliphatic rings. The Labute approximate surface area is 315 Å². The van der Waals surface area contributed by atoms with Crippen molar-refractivity contribution in [3.63, 3.8) is 0 Å². The first-order valence-electron chi connectivity index (χ1n) is 16.4. The van der Waals surface area contributed by atoms with Gasteiger partial charge in [0, 0.05) is 41.2 Å². The largest absolute Gasteiger partial charge is 0.497 e. The van der Waals surface area contributed by atoms with Crippen molar-refractivity contribution in [2.75, 3.05) is 39.3 Å². The van der Waals surface area contributed by atoms with Crippen molar-refractivity contribution in [3.05, 3.63) is 106 Å². The van der Waals surface area contributed by atoms with Gasteiger partial charge in [0.05, 0.1) is 39.0 Å². The van der Waals surface area contributed by atoms with Crippen LogP contribution in [0.2, 0.25) is 10.0 Å². The summed E-state index contributed by atoms with van der Waals surface area (Å²) in [4.78, 5) is 30.2. The van der Waals surface area contributed by atoms with E-state index in [-0.39, 0.29) is 46.1 Å². The zero-order valence-electron chi connectivity index (χ0n) is 29.9. The highest BCUT2D eigenvalue weighted by Gasteiger charge is 2.36. The summed E-state index contributed by atoms with van der Waals surface area (Å²) in [5.41, 5.74) is 1.32. The Morgan fingerprint density at radius 3 is 2.10 bits per heavy atom. The summed E-state index contributed by atoms with van der Waals surface area (Å²) in [5, 5.41) is 3.67. The van der Waals surface area contributed by atoms with Crippen molar-refractivity contribution in [2.24, 2.45) is 0 Å². The summed E-state index contributed by atoms with van der Waals surface area (Å²) >= 11 is 12.8. The summed E-state index contributed by atoms with van der Waals surface area (Å²) in [7, 11) is 1.10. The van der Waals surface area contributed by atoms with Crippen LogP contribution in [0, 0.1) is 0 Å². The van der Waals surface area contributed by atoms with E-state index in [1.165, 1.54) is 57.6 Å². The van der Waals surface area contributed by atoms with E-state index in [0.717, 1.165) is 9.87 Å². The van der Waals surface area contributed by atoms with Gasteiger partial charge in [-0.15, -0.1) is 0 Å². The van der Waals surface area contributed by atoms with Gasteiger partial charge in [0.25, 0.3) is 10.0 Å². The standard InChI is InChI=1S/C38H43Cl2N3O8S/c1-7-25(2)41-38(45)33(19-26-11-9-8-10-12-26)42(23-27-13-14-28(39)20-31(27)40)37(44)24-43(32-21-29(48-3)15-17-34(32)49-4)52(46,47)30-16-18-35(50-5)36(22-30)51-6/h8-18,20-22,25,33H,7,19,23-24H2,1-6H3,(H,41,45)/t25-,33-/m0/s1. The number of ether oxygens (including phenoxy) is 4. The summed E-state index contributed by atoms with van der Waals surface area (Å²) < 4.78 is 52.1. The quantitative estimate of drug-likeness (QED) is 0.125. The predicted molar refractivity (Wildman–Crippen MR) is 202 cm³/mol. The third-order valence-corrected chi connectivity index (χ3v) is 10.8. The molecule has 0 aliphatic heterocycles. The molecule has 0 fully saturated rings. The lowest BCUT2D eigenvalue weighted by Gasteiger charge is -2.34. The monoisotopic (exact) mass is 771 g/mol. The lowest BCUT2D eigenvalue weighted by molar-refractivity contribution is -0.140. The molecular formula is C38H43Cl2N3O8S. The van der Waals surface area contributed by atoms with Gasteiger partial charge in [0.1, 0.15) is 24.1 Å². The molecule has 2 atom stereocenters. The summed E-state index contributed by atoms with van der Waals surface area (Å²) in [6.45, 7) is 2.92. The van der Waals surface area contributed by atoms with Crippen molar-refractivity contribution in [1.82, 2.24) is 10.2 Å². The minimum absolute atomic E-state index is 0.0260. The minimum atomic E-state index is -4.54. The molecule has 4 rings (SSSR count). The molecule has 0 spiro atoms. The van der Waals surface area contributed by atoms with Crippen LogP contribution in [0.3, 0.4) is 0 Å². The smallest absolute Gasteiger partial charge is 0.265 e. The highest BCUT2D eigenvalue weighted by Crippen LogP contribution is 2.38. The molecule has 1 N–H and O–H groups in total. The lowest BCUT2D eigenvalue weighted by atomic mass is 10.0. The fourth-order valence-corrected chi connectivity index (χ4v) is 7.34. The molecule has 4 aromatic rings. The maximum atomic E-state index is 14.9. The zero-order chi connectivity index (χ0) is 38.0. The number of hydrogen-bond donors (Lipinski definition) is 1. The van der Waals surface area contributed by atoms with E-state index in [2.05, 4.69) is 5.32 Å². The number of nitrogens with one attached hydrogen (secondary N) is 1. The fourth-order valence-electron chi connectivity index (χ4n) is 5.44. The maximum Gasteiger partial charge on any atom is 0.265 e. The van der Waals surface area contributed by atoms with Gasteiger partial charge in [-0.05, 0) is 60.9 Å². The molecule has 2 amide bonds. The number of methoxy groups -OCH3 is 4. The van der Waals surface area contributed by atoms with Gasteiger partial charge in [-0.25, -0.2) is 8.42 Å². The molecule has 14 heteroatoms. The van der Waals surface area contributed by atoms with E-state index in [1.807, 2.05) is 44.2 Å². The first-order valence-corrected chi connectivity index (χ1v) is 18.6. The lowest BCUT2D eigenvalue weighted by Crippen LogP contribution is -2.54. The second-order valence-electron chi connectivity index (χ2n) is 11.8. The summed E-state index contributed by atoms with van der Waals surface area (Å²) in [6.07, 6.45) is 0.776. The van der Waals surface area contributed by atoms with Crippen LogP contribution in [0.4, 0.5) is 5.69 Å². The Balaban J connectivity index is 1.92. The van der Waals surface area contributed by atoms with Gasteiger partial charge in [0.15, 0.2) is 11.5 Å². The first kappa shape index (κ1) is 40.1. The number of rotatable bonds is 17. The third-order valence-electron chi connectivity index (χ3n) is 8.50. The molecule has 0 saturated heterocycles. The highest BCUT2D eigenvalue weighted by atomic mass is 35.5. The molecule has 52 heavy (non-hydrogen) atoms. The van der Waals surface area contributed by atoms with Crippen LogP contribution in [0.5, 0.6) is 23.0 Å². The Hall–Kier alpha value is -4.65. The number of anilines is 1. The van der Waals surface area contributed by atoms with Crippen molar-refractivity contribution in [2.45, 2.75) is 50.2 Å². The summed E-state index contributed by atoms with van der Waals surface area (Å²) in [6, 6.07) is 21.5. The van der Waals surface area contributed by atoms with Crippen LogP contribution in [0.25, 0.3) is 0 Å². The van der Waals surface area contributed by atoms with Gasteiger partial charge in [-0.1, -0.05) is 66.5 Å². The number of amides is 2. The maximum absolute atomic E-state index is 14.9. The van der Waals surface area contributed by atoms with Gasteiger partial charge in [0.2, 0.25) is 11.8 Å². The van der Waals surface area contributed by atoms with Crippen LogP contribution in [-0.4, -0.2) is 72.2 Å². The van der Waals surface area contributed by atoms with Crippen LogP contribution >= 0.6 is 23.2 Å². The number of sulfonamides is 1. The van der Waals surface area contributed by atoms with Gasteiger partial charge in [-0.2, -0.15) is 0 Å². The molecule has 0 saturated carbocycles. The highest BCUT2D eigenvalue weighted by molar-refractivity contribution is 7.92. The van der Waals surface area contributed by atoms with E-state index in [0.29, 0.717) is 28.5 Å². The van der Waals surface area contributed by atoms with Crippen LogP contribution in [0.1, 0.15) is 31.4 Å². The molecule has 0 aliphatic carbocycles. The number of benzene rings is 4. The van der Waals surface area contributed by atoms with E-state index < -0.39 is 34.4 Å². The average Bonchev–Trinajstić information content (AvgIpc) is 3.15. The van der Waals surface area contributed by atoms with Crippen molar-refractivity contribution in [3.8, 4) is 23.0 Å². The van der Waals surface area contributed by atoms with E-state index in [1.54, 1.807) is 30.3 Å². The normalized spacial score (nSPS) is 12.3. The summed E-state index contributed by atoms with van der Waals surface area (Å²) in [5.74, 6) is -0.165. The van der Waals surface area contributed by atoms with Crippen LogP contribution in [0.15, 0.2) is 89.8 Å². The van der Waals surface area contributed by atoms with Gasteiger partial charge < -0.3 is 29.2 Å². The second kappa shape index (κ2) is 18.2. The van der Waals surface area contributed by atoms with Crippen LogP contribution < -0.4 is 28.6 Å². The molecule has 0 heterocycles. The molecule has 11 nitrogen and oxygen atoms in total. The number of carbonyl (C=O) groups is 2. The molecule has 0 unspecified atom stereocenters. The van der Waals surface area contributed by atoms with E-state index in [9.17, 15) is 18.0 Å². The number of carbonyl (C=O) groups excluding carboxylic acids is 2. The zero-order valence-corrected chi connectivity index (χ0v) is 32.2. The first-order chi connectivity index (χ1) is 24.9. The molecular weight excluding hydrogens is 729 g/mol. The van der Waals surface area contributed by atoms with Crippen molar-refractivity contribution in [1.29, 1.82) is 0 Å². The predicted octanol–water partition coefficient (Wildman–Crippen LogP) is 6.78. The number of hydrogen-bond acceptors (Lipinski definition) is 8. The van der Waals surface area contributed by atoms with Crippen LogP contribution in [-0.2, 0) is 32.6 Å². The SMILES string of the molecule is CC[C@H](C)NC(=O)[C@H](Cc1ccccc1)N(Cc1ccc(Cl)cc1Cl)C(=O)CN(c1cc(OC)ccc1OC)S(=O)(=O)c1ccc(OC)c(OC)c1. The molecule has 278 valence electrons. The molecule has 0 aromatic heterocycles. The Morgan fingerprint density at radius 1 is 0.808 bits per heavy atom. The Morgan fingerprint density at radius 2 is 1.48 bits per heavy atom. The van der Waals surface area contributed by atoms with Gasteiger partial charge in [-0.3, -0.25) is 13.9 Å². The number of halogens is 2. The average molecular weight is 773 g/mol. The molecule has 0 bridgehead atoms. The van der Waals surface area contributed by atoms with Crippen molar-refractivity contribution >= 4 is 50.7 Å². The van der Waals surface area contributed by atoms with E-state index in [4.69, 9.17) is 42.1 Å². The number of nitrogens with zero attached hydrogens (tertiary/aromatic N) is 2. The second-order valence-corrected chi connectivity index (χ2v) is 14.6. The molecule has 0 radical (unpaired) electrons. The minimum Gasteiger partial charge on any atom is -0.497 e. The van der Waals surface area contributed by atoms with Gasteiger partial charge >= 0.3 is 0 Å². The van der Waals surface area contributed by atoms with E-state index >= 15 is 0 Å². The van der Waals surface area contributed by atoms with Crippen molar-refractivity contribution < 1.29 is 37.0 Å². The third kappa shape index (κ3) is 9.61. The Kier molecular flexibility index (Phi) is 14.1. The topological polar surface area (TPSA) is 124 Å². The fraction of sp³-hybridized carbons (Fsp3) is 0.316.